The number of halogens is 2. The Balaban J connectivity index is 1.91. The Morgan fingerprint density at radius 2 is 1.77 bits per heavy atom. The van der Waals surface area contributed by atoms with E-state index in [4.69, 9.17) is 0 Å². The number of carbonyl (C=O) groups excluding carboxylic acids is 1. The standard InChI is InChI=1S/C19H14F2N2O2S/c1-22-18-17(26-19(22)25)13(11-5-3-2-4-6-11)10-16(24)23(18)12-7-8-14(20)15(21)9-12/h2-9,13H,10H2,1H3. The lowest BCUT2D eigenvalue weighted by atomic mass is 9.90. The fraction of sp³-hybridized carbons (Fsp3) is 0.158. The number of aromatic nitrogens is 1. The number of nitrogens with zero attached hydrogens (tertiary/aromatic N) is 2. The van der Waals surface area contributed by atoms with Crippen LogP contribution in [-0.4, -0.2) is 10.5 Å². The van der Waals surface area contributed by atoms with Crippen molar-refractivity contribution in [3.05, 3.63) is 80.3 Å². The van der Waals surface area contributed by atoms with Crippen molar-refractivity contribution in [1.82, 2.24) is 4.57 Å². The molecule has 0 aliphatic carbocycles. The van der Waals surface area contributed by atoms with E-state index in [-0.39, 0.29) is 28.8 Å². The van der Waals surface area contributed by atoms with Crippen LogP contribution in [0.5, 0.6) is 0 Å². The number of carbonyl (C=O) groups is 1. The number of hydrogen-bond donors (Lipinski definition) is 0. The van der Waals surface area contributed by atoms with E-state index in [0.717, 1.165) is 33.9 Å². The van der Waals surface area contributed by atoms with Crippen molar-refractivity contribution in [3.63, 3.8) is 0 Å². The van der Waals surface area contributed by atoms with Gasteiger partial charge in [0.2, 0.25) is 5.91 Å². The van der Waals surface area contributed by atoms with Crippen LogP contribution in [0.3, 0.4) is 0 Å². The van der Waals surface area contributed by atoms with Crippen molar-refractivity contribution in [2.45, 2.75) is 12.3 Å². The summed E-state index contributed by atoms with van der Waals surface area (Å²) in [6.45, 7) is 0. The van der Waals surface area contributed by atoms with Crippen molar-refractivity contribution in [3.8, 4) is 0 Å². The summed E-state index contributed by atoms with van der Waals surface area (Å²) >= 11 is 1.07. The molecule has 0 saturated carbocycles. The molecule has 0 bridgehead atoms. The molecule has 3 aromatic rings. The average Bonchev–Trinajstić information content (AvgIpc) is 2.93. The molecular formula is C19H14F2N2O2S. The van der Waals surface area contributed by atoms with Crippen LogP contribution >= 0.6 is 11.3 Å². The minimum atomic E-state index is -1.04. The van der Waals surface area contributed by atoms with E-state index in [9.17, 15) is 18.4 Å². The Labute approximate surface area is 151 Å². The molecule has 1 aromatic heterocycles. The second-order valence-corrected chi connectivity index (χ2v) is 7.10. The Morgan fingerprint density at radius 1 is 1.04 bits per heavy atom. The molecule has 4 nitrogen and oxygen atoms in total. The topological polar surface area (TPSA) is 42.3 Å². The summed E-state index contributed by atoms with van der Waals surface area (Å²) in [6.07, 6.45) is 0.149. The Bertz CT molecular complexity index is 1060. The fourth-order valence-corrected chi connectivity index (χ4v) is 4.36. The van der Waals surface area contributed by atoms with Crippen LogP contribution in [0.25, 0.3) is 0 Å². The van der Waals surface area contributed by atoms with Gasteiger partial charge in [-0.2, -0.15) is 0 Å². The third-order valence-electron chi connectivity index (χ3n) is 4.53. The van der Waals surface area contributed by atoms with Gasteiger partial charge in [-0.05, 0) is 17.7 Å². The zero-order valence-electron chi connectivity index (χ0n) is 13.8. The van der Waals surface area contributed by atoms with Crippen molar-refractivity contribution in [1.29, 1.82) is 0 Å². The molecule has 1 aliphatic rings. The second kappa shape index (κ2) is 6.17. The van der Waals surface area contributed by atoms with Crippen molar-refractivity contribution in [2.75, 3.05) is 4.90 Å². The van der Waals surface area contributed by atoms with E-state index in [1.165, 1.54) is 15.5 Å². The van der Waals surface area contributed by atoms with E-state index >= 15 is 0 Å². The summed E-state index contributed by atoms with van der Waals surface area (Å²) in [5, 5.41) is 0. The van der Waals surface area contributed by atoms with Crippen LogP contribution in [0.4, 0.5) is 20.3 Å². The largest absolute Gasteiger partial charge is 0.308 e. The Hall–Kier alpha value is -2.80. The van der Waals surface area contributed by atoms with Gasteiger partial charge >= 0.3 is 4.87 Å². The molecule has 2 aromatic carbocycles. The van der Waals surface area contributed by atoms with E-state index in [2.05, 4.69) is 0 Å². The van der Waals surface area contributed by atoms with Crippen molar-refractivity contribution in [2.24, 2.45) is 7.05 Å². The molecule has 0 N–H and O–H groups in total. The molecular weight excluding hydrogens is 358 g/mol. The van der Waals surface area contributed by atoms with Gasteiger partial charge < -0.3 is 0 Å². The van der Waals surface area contributed by atoms with Crippen LogP contribution in [0, 0.1) is 11.6 Å². The normalized spacial score (nSPS) is 16.7. The van der Waals surface area contributed by atoms with Crippen molar-refractivity contribution < 1.29 is 13.6 Å². The maximum atomic E-state index is 13.7. The molecule has 0 saturated heterocycles. The molecule has 1 atom stereocenters. The van der Waals surface area contributed by atoms with Gasteiger partial charge in [0.25, 0.3) is 0 Å². The van der Waals surface area contributed by atoms with Crippen LogP contribution in [0.2, 0.25) is 0 Å². The molecule has 4 rings (SSSR count). The third kappa shape index (κ3) is 2.55. The molecule has 0 radical (unpaired) electrons. The number of thiazole rings is 1. The molecule has 1 unspecified atom stereocenters. The molecule has 132 valence electrons. The van der Waals surface area contributed by atoms with Gasteiger partial charge in [-0.25, -0.2) is 8.78 Å². The predicted molar refractivity (Wildman–Crippen MR) is 96.0 cm³/mol. The van der Waals surface area contributed by atoms with Gasteiger partial charge in [-0.3, -0.25) is 19.1 Å². The zero-order valence-corrected chi connectivity index (χ0v) is 14.6. The van der Waals surface area contributed by atoms with E-state index in [1.54, 1.807) is 7.05 Å². The van der Waals surface area contributed by atoms with Gasteiger partial charge in [0.05, 0.1) is 10.6 Å². The first-order valence-electron chi connectivity index (χ1n) is 8.00. The minimum Gasteiger partial charge on any atom is -0.288 e. The highest BCUT2D eigenvalue weighted by molar-refractivity contribution is 7.10. The predicted octanol–water partition coefficient (Wildman–Crippen LogP) is 3.93. The Morgan fingerprint density at radius 3 is 2.46 bits per heavy atom. The van der Waals surface area contributed by atoms with Crippen molar-refractivity contribution >= 4 is 28.7 Å². The molecule has 0 fully saturated rings. The summed E-state index contributed by atoms with van der Waals surface area (Å²) < 4.78 is 28.4. The number of anilines is 2. The second-order valence-electron chi connectivity index (χ2n) is 6.11. The number of amides is 1. The molecule has 1 amide bonds. The van der Waals surface area contributed by atoms with Crippen LogP contribution in [0.15, 0.2) is 53.3 Å². The molecule has 1 aliphatic heterocycles. The summed E-state index contributed by atoms with van der Waals surface area (Å²) in [6, 6.07) is 12.8. The van der Waals surface area contributed by atoms with Gasteiger partial charge in [-0.15, -0.1) is 0 Å². The van der Waals surface area contributed by atoms with E-state index in [0.29, 0.717) is 5.82 Å². The van der Waals surface area contributed by atoms with E-state index < -0.39 is 11.6 Å². The van der Waals surface area contributed by atoms with Gasteiger partial charge in [0.1, 0.15) is 5.82 Å². The minimum absolute atomic E-state index is 0.149. The number of benzene rings is 2. The number of rotatable bonds is 2. The summed E-state index contributed by atoms with van der Waals surface area (Å²) in [5.41, 5.74) is 1.14. The number of fused-ring (bicyclic) bond motifs is 1. The quantitative estimate of drug-likeness (QED) is 0.684. The smallest absolute Gasteiger partial charge is 0.288 e. The number of hydrogen-bond acceptors (Lipinski definition) is 3. The van der Waals surface area contributed by atoms with Gasteiger partial charge in [0, 0.05) is 25.5 Å². The first-order valence-corrected chi connectivity index (χ1v) is 8.81. The third-order valence-corrected chi connectivity index (χ3v) is 5.66. The lowest BCUT2D eigenvalue weighted by Gasteiger charge is -2.32. The SMILES string of the molecule is Cn1c2c(sc1=O)C(c1ccccc1)CC(=O)N2c1ccc(F)c(F)c1. The highest BCUT2D eigenvalue weighted by atomic mass is 32.1. The average molecular weight is 372 g/mol. The monoisotopic (exact) mass is 372 g/mol. The molecule has 7 heteroatoms. The lowest BCUT2D eigenvalue weighted by molar-refractivity contribution is -0.118. The Kier molecular flexibility index (Phi) is 3.96. The maximum absolute atomic E-state index is 13.7. The lowest BCUT2D eigenvalue weighted by Crippen LogP contribution is -2.34. The molecule has 0 spiro atoms. The fourth-order valence-electron chi connectivity index (χ4n) is 3.27. The molecule has 26 heavy (non-hydrogen) atoms. The summed E-state index contributed by atoms with van der Waals surface area (Å²) in [4.78, 5) is 27.0. The van der Waals surface area contributed by atoms with Crippen LogP contribution in [0.1, 0.15) is 22.8 Å². The summed E-state index contributed by atoms with van der Waals surface area (Å²) in [7, 11) is 1.57. The van der Waals surface area contributed by atoms with Gasteiger partial charge in [0.15, 0.2) is 11.6 Å². The highest BCUT2D eigenvalue weighted by Gasteiger charge is 2.37. The maximum Gasteiger partial charge on any atom is 0.308 e. The first kappa shape index (κ1) is 16.7. The summed E-state index contributed by atoms with van der Waals surface area (Å²) in [5.74, 6) is -2.12. The van der Waals surface area contributed by atoms with Gasteiger partial charge in [-0.1, -0.05) is 41.7 Å². The van der Waals surface area contributed by atoms with Crippen LogP contribution in [-0.2, 0) is 11.8 Å². The van der Waals surface area contributed by atoms with Crippen LogP contribution < -0.4 is 9.77 Å². The van der Waals surface area contributed by atoms with E-state index in [1.807, 2.05) is 30.3 Å². The highest BCUT2D eigenvalue weighted by Crippen LogP contribution is 2.44. The zero-order chi connectivity index (χ0) is 18.4. The molecule has 2 heterocycles. The first-order chi connectivity index (χ1) is 12.5.